The smallest absolute Gasteiger partial charge is 0.374 e. The van der Waals surface area contributed by atoms with Gasteiger partial charge in [-0.05, 0) is 26.0 Å². The number of ether oxygens (including phenoxy) is 1. The molecule has 0 aliphatic heterocycles. The maximum atomic E-state index is 11.3. The molecule has 1 heterocycles. The zero-order valence-electron chi connectivity index (χ0n) is 9.53. The lowest BCUT2D eigenvalue weighted by molar-refractivity contribution is 0.0487. The maximum Gasteiger partial charge on any atom is 0.374 e. The minimum absolute atomic E-state index is 0.00357. The van der Waals surface area contributed by atoms with E-state index < -0.39 is 5.97 Å². The van der Waals surface area contributed by atoms with E-state index in [0.717, 1.165) is 0 Å². The van der Waals surface area contributed by atoms with Gasteiger partial charge in [0.15, 0.2) is 0 Å². The van der Waals surface area contributed by atoms with Gasteiger partial charge in [0.1, 0.15) is 5.76 Å². The number of furan rings is 1. The molecule has 5 nitrogen and oxygen atoms in total. The van der Waals surface area contributed by atoms with E-state index in [4.69, 9.17) is 14.3 Å². The summed E-state index contributed by atoms with van der Waals surface area (Å²) < 4.78 is 10.1. The third-order valence-electron chi connectivity index (χ3n) is 2.04. The Balaban J connectivity index is 2.48. The van der Waals surface area contributed by atoms with Crippen LogP contribution in [0.25, 0.3) is 0 Å². The van der Waals surface area contributed by atoms with Crippen molar-refractivity contribution in [1.82, 2.24) is 5.32 Å². The van der Waals surface area contributed by atoms with E-state index in [9.17, 15) is 4.79 Å². The standard InChI is InChI=1S/C11H17NO4/c1-3-15-11(14)10-5-4-9(16-10)6-12-8(2)7-13/h4-5,8,12-13H,3,6-7H2,1-2H3. The summed E-state index contributed by atoms with van der Waals surface area (Å²) in [6.45, 7) is 4.46. The van der Waals surface area contributed by atoms with Crippen molar-refractivity contribution in [3.8, 4) is 0 Å². The van der Waals surface area contributed by atoms with Gasteiger partial charge in [0.25, 0.3) is 0 Å². The van der Waals surface area contributed by atoms with Crippen molar-refractivity contribution in [2.45, 2.75) is 26.4 Å². The lowest BCUT2D eigenvalue weighted by Gasteiger charge is -2.08. The third kappa shape index (κ3) is 3.67. The zero-order chi connectivity index (χ0) is 12.0. The van der Waals surface area contributed by atoms with Gasteiger partial charge in [-0.2, -0.15) is 0 Å². The Kier molecular flexibility index (Phi) is 5.01. The first-order chi connectivity index (χ1) is 7.67. The van der Waals surface area contributed by atoms with E-state index in [0.29, 0.717) is 18.9 Å². The Morgan fingerprint density at radius 3 is 3.00 bits per heavy atom. The Morgan fingerprint density at radius 1 is 1.62 bits per heavy atom. The van der Waals surface area contributed by atoms with Gasteiger partial charge in [0.2, 0.25) is 5.76 Å². The van der Waals surface area contributed by atoms with Crippen LogP contribution in [0, 0.1) is 0 Å². The molecule has 2 N–H and O–H groups in total. The molecule has 0 aromatic carbocycles. The minimum atomic E-state index is -0.455. The van der Waals surface area contributed by atoms with Crippen LogP contribution < -0.4 is 5.32 Å². The van der Waals surface area contributed by atoms with Crippen LogP contribution in [0.4, 0.5) is 0 Å². The highest BCUT2D eigenvalue weighted by Gasteiger charge is 2.12. The van der Waals surface area contributed by atoms with Crippen molar-refractivity contribution < 1.29 is 19.1 Å². The summed E-state index contributed by atoms with van der Waals surface area (Å²) in [7, 11) is 0. The molecular weight excluding hydrogens is 210 g/mol. The van der Waals surface area contributed by atoms with Crippen LogP contribution in [0.1, 0.15) is 30.2 Å². The molecule has 16 heavy (non-hydrogen) atoms. The van der Waals surface area contributed by atoms with Gasteiger partial charge in [-0.25, -0.2) is 4.79 Å². The molecule has 0 aliphatic carbocycles. The van der Waals surface area contributed by atoms with Crippen molar-refractivity contribution in [3.63, 3.8) is 0 Å². The fourth-order valence-electron chi connectivity index (χ4n) is 1.12. The second-order valence-electron chi connectivity index (χ2n) is 3.45. The number of carbonyl (C=O) groups is 1. The second kappa shape index (κ2) is 6.30. The monoisotopic (exact) mass is 227 g/mol. The zero-order valence-corrected chi connectivity index (χ0v) is 9.53. The lowest BCUT2D eigenvalue weighted by atomic mass is 10.3. The molecule has 5 heteroatoms. The highest BCUT2D eigenvalue weighted by atomic mass is 16.5. The Bertz CT molecular complexity index is 334. The summed E-state index contributed by atoms with van der Waals surface area (Å²) in [5, 5.41) is 11.8. The van der Waals surface area contributed by atoms with Gasteiger partial charge in [0.05, 0.1) is 19.8 Å². The van der Waals surface area contributed by atoms with E-state index >= 15 is 0 Å². The van der Waals surface area contributed by atoms with Gasteiger partial charge in [0, 0.05) is 6.04 Å². The number of esters is 1. The molecular formula is C11H17NO4. The molecule has 0 fully saturated rings. The van der Waals surface area contributed by atoms with Crippen LogP contribution in [0.5, 0.6) is 0 Å². The fraction of sp³-hybridized carbons (Fsp3) is 0.545. The van der Waals surface area contributed by atoms with E-state index in [1.165, 1.54) is 0 Å². The summed E-state index contributed by atoms with van der Waals surface area (Å²) in [6.07, 6.45) is 0. The number of hydrogen-bond donors (Lipinski definition) is 2. The van der Waals surface area contributed by atoms with Crippen LogP contribution in [0.2, 0.25) is 0 Å². The number of aliphatic hydroxyl groups excluding tert-OH is 1. The van der Waals surface area contributed by atoms with E-state index in [2.05, 4.69) is 5.32 Å². The number of aliphatic hydroxyl groups is 1. The van der Waals surface area contributed by atoms with Crippen LogP contribution in [-0.4, -0.2) is 30.3 Å². The van der Waals surface area contributed by atoms with E-state index in [1.54, 1.807) is 19.1 Å². The third-order valence-corrected chi connectivity index (χ3v) is 2.04. The molecule has 0 bridgehead atoms. The van der Waals surface area contributed by atoms with Crippen molar-refractivity contribution in [3.05, 3.63) is 23.7 Å². The Morgan fingerprint density at radius 2 is 2.38 bits per heavy atom. The predicted octanol–water partition coefficient (Wildman–Crippen LogP) is 0.927. The Hall–Kier alpha value is -1.33. The second-order valence-corrected chi connectivity index (χ2v) is 3.45. The molecule has 1 rings (SSSR count). The van der Waals surface area contributed by atoms with Gasteiger partial charge in [-0.3, -0.25) is 0 Å². The topological polar surface area (TPSA) is 71.7 Å². The van der Waals surface area contributed by atoms with Crippen LogP contribution in [0.15, 0.2) is 16.5 Å². The SMILES string of the molecule is CCOC(=O)c1ccc(CNC(C)CO)o1. The molecule has 0 saturated heterocycles. The number of carbonyl (C=O) groups excluding carboxylic acids is 1. The molecule has 90 valence electrons. The van der Waals surface area contributed by atoms with Crippen molar-refractivity contribution >= 4 is 5.97 Å². The largest absolute Gasteiger partial charge is 0.460 e. The highest BCUT2D eigenvalue weighted by Crippen LogP contribution is 2.09. The molecule has 0 radical (unpaired) electrons. The molecule has 0 spiro atoms. The minimum Gasteiger partial charge on any atom is -0.460 e. The highest BCUT2D eigenvalue weighted by molar-refractivity contribution is 5.86. The average molecular weight is 227 g/mol. The average Bonchev–Trinajstić information content (AvgIpc) is 2.75. The van der Waals surface area contributed by atoms with Crippen LogP contribution >= 0.6 is 0 Å². The lowest BCUT2D eigenvalue weighted by Crippen LogP contribution is -2.28. The quantitative estimate of drug-likeness (QED) is 0.707. The molecule has 1 unspecified atom stereocenters. The fourth-order valence-corrected chi connectivity index (χ4v) is 1.12. The van der Waals surface area contributed by atoms with Gasteiger partial charge in [-0.15, -0.1) is 0 Å². The van der Waals surface area contributed by atoms with Crippen molar-refractivity contribution in [2.75, 3.05) is 13.2 Å². The van der Waals surface area contributed by atoms with Gasteiger partial charge >= 0.3 is 5.97 Å². The molecule has 0 saturated carbocycles. The number of hydrogen-bond acceptors (Lipinski definition) is 5. The van der Waals surface area contributed by atoms with E-state index in [1.807, 2.05) is 6.92 Å². The normalized spacial score (nSPS) is 12.4. The summed E-state index contributed by atoms with van der Waals surface area (Å²) in [5.74, 6) is 0.391. The molecule has 1 aromatic rings. The number of nitrogens with one attached hydrogen (secondary N) is 1. The first-order valence-electron chi connectivity index (χ1n) is 5.27. The summed E-state index contributed by atoms with van der Waals surface area (Å²) in [5.41, 5.74) is 0. The molecule has 0 aliphatic rings. The Labute approximate surface area is 94.4 Å². The molecule has 1 atom stereocenters. The first-order valence-corrected chi connectivity index (χ1v) is 5.27. The van der Waals surface area contributed by atoms with Crippen molar-refractivity contribution in [1.29, 1.82) is 0 Å². The van der Waals surface area contributed by atoms with Crippen LogP contribution in [-0.2, 0) is 11.3 Å². The summed E-state index contributed by atoms with van der Waals surface area (Å²) >= 11 is 0. The first kappa shape index (κ1) is 12.7. The van der Waals surface area contributed by atoms with Gasteiger partial charge in [-0.1, -0.05) is 0 Å². The van der Waals surface area contributed by atoms with Crippen molar-refractivity contribution in [2.24, 2.45) is 0 Å². The van der Waals surface area contributed by atoms with Crippen LogP contribution in [0.3, 0.4) is 0 Å². The van der Waals surface area contributed by atoms with E-state index in [-0.39, 0.29) is 18.4 Å². The number of rotatable bonds is 6. The predicted molar refractivity (Wildman–Crippen MR) is 58.1 cm³/mol. The molecule has 0 amide bonds. The molecule has 1 aromatic heterocycles. The summed E-state index contributed by atoms with van der Waals surface area (Å²) in [6, 6.07) is 3.29. The maximum absolute atomic E-state index is 11.3. The summed E-state index contributed by atoms with van der Waals surface area (Å²) in [4.78, 5) is 11.3. The van der Waals surface area contributed by atoms with Gasteiger partial charge < -0.3 is 19.6 Å².